The van der Waals surface area contributed by atoms with Gasteiger partial charge in [0.2, 0.25) is 0 Å². The molecule has 1 unspecified atom stereocenters. The molecule has 0 aromatic rings. The minimum absolute atomic E-state index is 0.220. The Morgan fingerprint density at radius 1 is 1.15 bits per heavy atom. The highest BCUT2D eigenvalue weighted by molar-refractivity contribution is 5.81. The number of hydrogen-bond donors (Lipinski definition) is 1. The van der Waals surface area contributed by atoms with E-state index in [1.807, 2.05) is 6.92 Å². The molecule has 20 heavy (non-hydrogen) atoms. The molecule has 0 saturated carbocycles. The first-order valence-electron chi connectivity index (χ1n) is 7.16. The molecule has 0 aliphatic heterocycles. The monoisotopic (exact) mass is 284 g/mol. The van der Waals surface area contributed by atoms with Gasteiger partial charge in [-0.1, -0.05) is 45.3 Å². The van der Waals surface area contributed by atoms with Crippen LogP contribution in [0.2, 0.25) is 0 Å². The van der Waals surface area contributed by atoms with Gasteiger partial charge in [-0.25, -0.2) is 9.59 Å². The number of carboxylic acid groups (broad SMARTS) is 1. The second-order valence-corrected chi connectivity index (χ2v) is 4.38. The third kappa shape index (κ3) is 16.4. The van der Waals surface area contributed by atoms with Crippen LogP contribution in [0, 0.1) is 5.92 Å². The third-order valence-corrected chi connectivity index (χ3v) is 2.62. The van der Waals surface area contributed by atoms with Crippen LogP contribution in [0.3, 0.4) is 0 Å². The maximum atomic E-state index is 11.0. The first-order chi connectivity index (χ1) is 9.51. The highest BCUT2D eigenvalue weighted by Gasteiger charge is 2.07. The molecule has 0 saturated heterocycles. The smallest absolute Gasteiger partial charge is 0.330 e. The van der Waals surface area contributed by atoms with Gasteiger partial charge >= 0.3 is 11.9 Å². The number of carboxylic acids is 1. The number of hydrogen-bond acceptors (Lipinski definition) is 3. The molecule has 4 nitrogen and oxygen atoms in total. The van der Waals surface area contributed by atoms with Crippen LogP contribution in [-0.4, -0.2) is 23.7 Å². The van der Waals surface area contributed by atoms with E-state index in [1.54, 1.807) is 13.0 Å². The quantitative estimate of drug-likeness (QED) is 0.541. The van der Waals surface area contributed by atoms with Crippen molar-refractivity contribution in [3.05, 3.63) is 24.3 Å². The zero-order chi connectivity index (χ0) is 15.8. The first-order valence-corrected chi connectivity index (χ1v) is 7.16. The van der Waals surface area contributed by atoms with Crippen molar-refractivity contribution in [2.45, 2.75) is 53.4 Å². The van der Waals surface area contributed by atoms with E-state index in [9.17, 15) is 9.59 Å². The Morgan fingerprint density at radius 2 is 1.75 bits per heavy atom. The maximum Gasteiger partial charge on any atom is 0.330 e. The summed E-state index contributed by atoms with van der Waals surface area (Å²) in [6.45, 7) is 8.37. The van der Waals surface area contributed by atoms with Crippen LogP contribution in [0.15, 0.2) is 24.3 Å². The lowest BCUT2D eigenvalue weighted by atomic mass is 10.0. The molecule has 0 bridgehead atoms. The molecule has 0 aliphatic carbocycles. The number of unbranched alkanes of at least 4 members (excludes halogenated alkanes) is 1. The standard InChI is InChI=1S/C12H22O2.C4H6O2/c1-4-7-9-11(6-3)10-14-12(13)8-5-2;1-2-3-4(5)6/h5,8,11H,4,6-7,9-10H2,1-3H3;2-3H,1H3,(H,5,6)/b8-5+;3-2+. The molecule has 0 rings (SSSR count). The van der Waals surface area contributed by atoms with Crippen LogP contribution in [0.1, 0.15) is 53.4 Å². The van der Waals surface area contributed by atoms with Crippen molar-refractivity contribution in [3.8, 4) is 0 Å². The Balaban J connectivity index is 0. The largest absolute Gasteiger partial charge is 0.478 e. The average molecular weight is 284 g/mol. The first kappa shape index (κ1) is 20.7. The molecule has 0 spiro atoms. The topological polar surface area (TPSA) is 63.6 Å². The van der Waals surface area contributed by atoms with Gasteiger partial charge in [0.15, 0.2) is 0 Å². The zero-order valence-electron chi connectivity index (χ0n) is 13.1. The zero-order valence-corrected chi connectivity index (χ0v) is 13.1. The minimum Gasteiger partial charge on any atom is -0.478 e. The molecule has 1 atom stereocenters. The van der Waals surface area contributed by atoms with E-state index in [-0.39, 0.29) is 5.97 Å². The molecule has 116 valence electrons. The predicted octanol–water partition coefficient (Wildman–Crippen LogP) is 3.97. The Bertz CT molecular complexity index is 306. The highest BCUT2D eigenvalue weighted by atomic mass is 16.5. The maximum absolute atomic E-state index is 11.0. The lowest BCUT2D eigenvalue weighted by Crippen LogP contribution is -2.12. The Kier molecular flexibility index (Phi) is 16.0. The Labute approximate surface area is 122 Å². The van der Waals surface area contributed by atoms with E-state index in [0.29, 0.717) is 12.5 Å². The van der Waals surface area contributed by atoms with Crippen LogP contribution in [0.5, 0.6) is 0 Å². The van der Waals surface area contributed by atoms with Crippen molar-refractivity contribution in [1.29, 1.82) is 0 Å². The number of carbonyl (C=O) groups excluding carboxylic acids is 1. The predicted molar refractivity (Wildman–Crippen MR) is 81.5 cm³/mol. The summed E-state index contributed by atoms with van der Waals surface area (Å²) in [4.78, 5) is 20.5. The Hall–Kier alpha value is -1.58. The van der Waals surface area contributed by atoms with Crippen molar-refractivity contribution in [1.82, 2.24) is 0 Å². The fourth-order valence-electron chi connectivity index (χ4n) is 1.42. The van der Waals surface area contributed by atoms with Crippen molar-refractivity contribution < 1.29 is 19.4 Å². The summed E-state index contributed by atoms with van der Waals surface area (Å²) in [5.41, 5.74) is 0. The van der Waals surface area contributed by atoms with Gasteiger partial charge in [0, 0.05) is 12.2 Å². The van der Waals surface area contributed by atoms with Crippen LogP contribution in [0.25, 0.3) is 0 Å². The molecular weight excluding hydrogens is 256 g/mol. The van der Waals surface area contributed by atoms with E-state index in [2.05, 4.69) is 13.8 Å². The van der Waals surface area contributed by atoms with Gasteiger partial charge in [-0.2, -0.15) is 0 Å². The second-order valence-electron chi connectivity index (χ2n) is 4.38. The lowest BCUT2D eigenvalue weighted by Gasteiger charge is -2.13. The second kappa shape index (κ2) is 15.5. The van der Waals surface area contributed by atoms with Gasteiger partial charge in [-0.05, 0) is 26.2 Å². The Morgan fingerprint density at radius 3 is 2.10 bits per heavy atom. The number of aliphatic carboxylic acids is 1. The highest BCUT2D eigenvalue weighted by Crippen LogP contribution is 2.12. The van der Waals surface area contributed by atoms with Crippen molar-refractivity contribution in [2.75, 3.05) is 6.61 Å². The fourth-order valence-corrected chi connectivity index (χ4v) is 1.42. The van der Waals surface area contributed by atoms with Gasteiger partial charge in [0.1, 0.15) is 0 Å². The summed E-state index contributed by atoms with van der Waals surface area (Å²) < 4.78 is 5.11. The lowest BCUT2D eigenvalue weighted by molar-refractivity contribution is -0.139. The van der Waals surface area contributed by atoms with Crippen LogP contribution >= 0.6 is 0 Å². The van der Waals surface area contributed by atoms with Crippen LogP contribution in [0.4, 0.5) is 0 Å². The van der Waals surface area contributed by atoms with Crippen molar-refractivity contribution in [3.63, 3.8) is 0 Å². The number of carbonyl (C=O) groups is 2. The van der Waals surface area contributed by atoms with Crippen LogP contribution in [-0.2, 0) is 14.3 Å². The summed E-state index contributed by atoms with van der Waals surface area (Å²) in [6.07, 6.45) is 10.4. The molecule has 0 fully saturated rings. The van der Waals surface area contributed by atoms with Crippen molar-refractivity contribution in [2.24, 2.45) is 5.92 Å². The number of esters is 1. The normalized spacial score (nSPS) is 12.0. The van der Waals surface area contributed by atoms with E-state index < -0.39 is 5.97 Å². The van der Waals surface area contributed by atoms with Crippen molar-refractivity contribution >= 4 is 11.9 Å². The summed E-state index contributed by atoms with van der Waals surface area (Å²) in [7, 11) is 0. The minimum atomic E-state index is -0.891. The fraction of sp³-hybridized carbons (Fsp3) is 0.625. The molecule has 0 aromatic carbocycles. The summed E-state index contributed by atoms with van der Waals surface area (Å²) >= 11 is 0. The van der Waals surface area contributed by atoms with Gasteiger partial charge in [0.05, 0.1) is 6.61 Å². The number of ether oxygens (including phenoxy) is 1. The summed E-state index contributed by atoms with van der Waals surface area (Å²) in [5.74, 6) is -0.580. The van der Waals surface area contributed by atoms with Gasteiger partial charge in [-0.15, -0.1) is 0 Å². The molecular formula is C16H28O4. The number of rotatable bonds is 8. The summed E-state index contributed by atoms with van der Waals surface area (Å²) in [6, 6.07) is 0. The van der Waals surface area contributed by atoms with E-state index in [0.717, 1.165) is 18.9 Å². The van der Waals surface area contributed by atoms with Crippen LogP contribution < -0.4 is 0 Å². The molecule has 0 amide bonds. The summed E-state index contributed by atoms with van der Waals surface area (Å²) in [5, 5.41) is 7.83. The SMILES string of the molecule is C/C=C/C(=O)O.C/C=C/C(=O)OCC(CC)CCCC. The average Bonchev–Trinajstić information content (AvgIpc) is 2.40. The van der Waals surface area contributed by atoms with Gasteiger partial charge in [-0.3, -0.25) is 0 Å². The molecule has 4 heteroatoms. The molecule has 1 N–H and O–H groups in total. The van der Waals surface area contributed by atoms with Gasteiger partial charge in [0.25, 0.3) is 0 Å². The van der Waals surface area contributed by atoms with Gasteiger partial charge < -0.3 is 9.84 Å². The molecule has 0 aliphatic rings. The molecule has 0 heterocycles. The van der Waals surface area contributed by atoms with E-state index in [4.69, 9.17) is 9.84 Å². The molecule has 0 radical (unpaired) electrons. The van der Waals surface area contributed by atoms with E-state index in [1.165, 1.54) is 25.0 Å². The number of allylic oxidation sites excluding steroid dienone is 2. The molecule has 0 aromatic heterocycles. The van der Waals surface area contributed by atoms with E-state index >= 15 is 0 Å². The third-order valence-electron chi connectivity index (χ3n) is 2.62.